The summed E-state index contributed by atoms with van der Waals surface area (Å²) in [5.41, 5.74) is 2.80. The SMILES string of the molecule is CCOC(=O)C1=C(C)N=c2s/c(=C\c3cc(Cl)c(OC)c(OC)c3)c(=O)n2C1c1ccc(C)c(OC)c1. The molecule has 0 bridgehead atoms. The molecular formula is C27H27ClN2O6S. The van der Waals surface area contributed by atoms with Crippen molar-refractivity contribution < 1.29 is 23.7 Å². The third-order valence-corrected chi connectivity index (χ3v) is 7.28. The largest absolute Gasteiger partial charge is 0.496 e. The number of halogens is 1. The Hall–Kier alpha value is -3.56. The molecule has 0 N–H and O–H groups in total. The van der Waals surface area contributed by atoms with Crippen LogP contribution in [-0.2, 0) is 9.53 Å². The van der Waals surface area contributed by atoms with Crippen LogP contribution in [-0.4, -0.2) is 38.5 Å². The highest BCUT2D eigenvalue weighted by atomic mass is 35.5. The predicted molar refractivity (Wildman–Crippen MR) is 143 cm³/mol. The maximum absolute atomic E-state index is 13.8. The van der Waals surface area contributed by atoms with Crippen LogP contribution in [0.5, 0.6) is 17.2 Å². The normalized spacial score (nSPS) is 15.2. The van der Waals surface area contributed by atoms with Gasteiger partial charge in [-0.25, -0.2) is 9.79 Å². The van der Waals surface area contributed by atoms with Crippen molar-refractivity contribution in [2.45, 2.75) is 26.8 Å². The van der Waals surface area contributed by atoms with Gasteiger partial charge in [-0.1, -0.05) is 35.1 Å². The van der Waals surface area contributed by atoms with E-state index in [1.54, 1.807) is 39.2 Å². The molecule has 0 saturated carbocycles. The van der Waals surface area contributed by atoms with Crippen LogP contribution in [0.25, 0.3) is 6.08 Å². The molecule has 10 heteroatoms. The minimum absolute atomic E-state index is 0.198. The highest BCUT2D eigenvalue weighted by molar-refractivity contribution is 7.07. The number of nitrogens with zero attached hydrogens (tertiary/aromatic N) is 2. The fraction of sp³-hybridized carbons (Fsp3) is 0.296. The molecule has 37 heavy (non-hydrogen) atoms. The average Bonchev–Trinajstić information content (AvgIpc) is 3.17. The molecule has 0 amide bonds. The summed E-state index contributed by atoms with van der Waals surface area (Å²) in [4.78, 5) is 32.0. The van der Waals surface area contributed by atoms with Crippen molar-refractivity contribution in [2.75, 3.05) is 27.9 Å². The maximum atomic E-state index is 13.8. The lowest BCUT2D eigenvalue weighted by Crippen LogP contribution is -2.40. The summed E-state index contributed by atoms with van der Waals surface area (Å²) in [6.45, 7) is 5.61. The molecule has 2 aromatic carbocycles. The quantitative estimate of drug-likeness (QED) is 0.422. The van der Waals surface area contributed by atoms with E-state index in [-0.39, 0.29) is 12.2 Å². The number of benzene rings is 2. The molecule has 0 radical (unpaired) electrons. The molecule has 0 aliphatic carbocycles. The average molecular weight is 543 g/mol. The number of allylic oxidation sites excluding steroid dienone is 1. The second-order valence-electron chi connectivity index (χ2n) is 8.27. The summed E-state index contributed by atoms with van der Waals surface area (Å²) in [6, 6.07) is 8.31. The van der Waals surface area contributed by atoms with Crippen LogP contribution < -0.4 is 29.1 Å². The standard InChI is InChI=1S/C27H27ClN2O6S/c1-7-36-26(32)22-15(3)29-27-30(23(22)17-9-8-14(2)19(13-17)33-4)25(31)21(37-27)12-16-10-18(28)24(35-6)20(11-16)34-5/h8-13,23H,7H2,1-6H3/b21-12-. The number of aromatic nitrogens is 1. The Morgan fingerprint density at radius 1 is 1.11 bits per heavy atom. The zero-order valence-electron chi connectivity index (χ0n) is 21.4. The van der Waals surface area contributed by atoms with E-state index in [2.05, 4.69) is 4.99 Å². The minimum atomic E-state index is -0.735. The Morgan fingerprint density at radius 3 is 2.49 bits per heavy atom. The lowest BCUT2D eigenvalue weighted by atomic mass is 9.95. The molecule has 1 aliphatic rings. The second kappa shape index (κ2) is 10.8. The van der Waals surface area contributed by atoms with Gasteiger partial charge in [0, 0.05) is 0 Å². The second-order valence-corrected chi connectivity index (χ2v) is 9.69. The smallest absolute Gasteiger partial charge is 0.338 e. The summed E-state index contributed by atoms with van der Waals surface area (Å²) in [5, 5.41) is 0.353. The van der Waals surface area contributed by atoms with Gasteiger partial charge in [-0.05, 0) is 61.7 Å². The number of carbonyl (C=O) groups excluding carboxylic acids is 1. The van der Waals surface area contributed by atoms with E-state index in [9.17, 15) is 9.59 Å². The summed E-state index contributed by atoms with van der Waals surface area (Å²) in [6.07, 6.45) is 1.72. The van der Waals surface area contributed by atoms with E-state index in [1.807, 2.05) is 25.1 Å². The minimum Gasteiger partial charge on any atom is -0.496 e. The molecule has 1 atom stereocenters. The molecule has 1 aliphatic heterocycles. The van der Waals surface area contributed by atoms with Crippen molar-refractivity contribution in [2.24, 2.45) is 4.99 Å². The third kappa shape index (κ3) is 4.89. The number of carbonyl (C=O) groups is 1. The number of aryl methyl sites for hydroxylation is 1. The number of esters is 1. The van der Waals surface area contributed by atoms with Crippen molar-refractivity contribution in [1.29, 1.82) is 0 Å². The molecule has 0 spiro atoms. The zero-order valence-corrected chi connectivity index (χ0v) is 23.0. The van der Waals surface area contributed by atoms with Gasteiger partial charge in [0.25, 0.3) is 5.56 Å². The van der Waals surface area contributed by atoms with Crippen LogP contribution in [0.1, 0.15) is 36.6 Å². The van der Waals surface area contributed by atoms with Crippen LogP contribution >= 0.6 is 22.9 Å². The monoisotopic (exact) mass is 542 g/mol. The van der Waals surface area contributed by atoms with Crippen LogP contribution in [0, 0.1) is 6.92 Å². The summed E-state index contributed by atoms with van der Waals surface area (Å²) < 4.78 is 23.5. The van der Waals surface area contributed by atoms with Crippen molar-refractivity contribution in [3.63, 3.8) is 0 Å². The molecular weight excluding hydrogens is 516 g/mol. The number of methoxy groups -OCH3 is 3. The van der Waals surface area contributed by atoms with Crippen molar-refractivity contribution in [3.05, 3.63) is 83.0 Å². The summed E-state index contributed by atoms with van der Waals surface area (Å²) in [5.74, 6) is 0.983. The van der Waals surface area contributed by atoms with Gasteiger partial charge in [0.1, 0.15) is 5.75 Å². The van der Waals surface area contributed by atoms with E-state index in [0.717, 1.165) is 5.56 Å². The van der Waals surface area contributed by atoms with Gasteiger partial charge in [-0.15, -0.1) is 0 Å². The van der Waals surface area contributed by atoms with Gasteiger partial charge in [0.05, 0.1) is 54.8 Å². The first kappa shape index (κ1) is 26.5. The van der Waals surface area contributed by atoms with E-state index >= 15 is 0 Å². The molecule has 0 saturated heterocycles. The van der Waals surface area contributed by atoms with Gasteiger partial charge in [0.15, 0.2) is 16.3 Å². The molecule has 194 valence electrons. The number of fused-ring (bicyclic) bond motifs is 1. The van der Waals surface area contributed by atoms with E-state index < -0.39 is 12.0 Å². The first-order valence-corrected chi connectivity index (χ1v) is 12.7. The molecule has 3 aromatic rings. The van der Waals surface area contributed by atoms with E-state index in [1.165, 1.54) is 30.1 Å². The topological polar surface area (TPSA) is 88.4 Å². The highest BCUT2D eigenvalue weighted by Gasteiger charge is 2.33. The van der Waals surface area contributed by atoms with Gasteiger partial charge in [-0.2, -0.15) is 0 Å². The molecule has 1 unspecified atom stereocenters. The maximum Gasteiger partial charge on any atom is 0.338 e. The fourth-order valence-corrected chi connectivity index (χ4v) is 5.63. The number of thiazole rings is 1. The number of hydrogen-bond acceptors (Lipinski definition) is 8. The lowest BCUT2D eigenvalue weighted by Gasteiger charge is -2.25. The molecule has 8 nitrogen and oxygen atoms in total. The Bertz CT molecular complexity index is 1590. The number of hydrogen-bond donors (Lipinski definition) is 0. The molecule has 1 aromatic heterocycles. The van der Waals surface area contributed by atoms with Gasteiger partial charge < -0.3 is 18.9 Å². The van der Waals surface area contributed by atoms with Crippen LogP contribution in [0.2, 0.25) is 5.02 Å². The fourth-order valence-electron chi connectivity index (χ4n) is 4.29. The first-order chi connectivity index (χ1) is 17.7. The third-order valence-electron chi connectivity index (χ3n) is 6.02. The Morgan fingerprint density at radius 2 is 1.84 bits per heavy atom. The van der Waals surface area contributed by atoms with Crippen LogP contribution in [0.3, 0.4) is 0 Å². The van der Waals surface area contributed by atoms with Crippen molar-refractivity contribution >= 4 is 35.0 Å². The Balaban J connectivity index is 1.97. The van der Waals surface area contributed by atoms with Crippen molar-refractivity contribution in [3.8, 4) is 17.2 Å². The molecule has 0 fully saturated rings. The molecule has 2 heterocycles. The predicted octanol–water partition coefficient (Wildman–Crippen LogP) is 3.79. The van der Waals surface area contributed by atoms with Gasteiger partial charge in [0.2, 0.25) is 0 Å². The van der Waals surface area contributed by atoms with E-state index in [4.69, 9.17) is 30.5 Å². The first-order valence-electron chi connectivity index (χ1n) is 11.5. The highest BCUT2D eigenvalue weighted by Crippen LogP contribution is 2.36. The number of rotatable bonds is 7. The Kier molecular flexibility index (Phi) is 7.75. The van der Waals surface area contributed by atoms with Crippen molar-refractivity contribution in [1.82, 2.24) is 4.57 Å². The lowest BCUT2D eigenvalue weighted by molar-refractivity contribution is -0.139. The number of ether oxygens (including phenoxy) is 4. The van der Waals surface area contributed by atoms with E-state index in [0.29, 0.717) is 54.0 Å². The Labute approximate surface area is 223 Å². The molecule has 4 rings (SSSR count). The zero-order chi connectivity index (χ0) is 26.9. The van der Waals surface area contributed by atoms with Gasteiger partial charge >= 0.3 is 5.97 Å². The summed E-state index contributed by atoms with van der Waals surface area (Å²) >= 11 is 7.60. The van der Waals surface area contributed by atoms with Crippen LogP contribution in [0.15, 0.2) is 51.4 Å². The van der Waals surface area contributed by atoms with Gasteiger partial charge in [-0.3, -0.25) is 9.36 Å². The summed E-state index contributed by atoms with van der Waals surface area (Å²) in [7, 11) is 4.60. The van der Waals surface area contributed by atoms with Crippen LogP contribution in [0.4, 0.5) is 0 Å².